The minimum atomic E-state index is -0.562. The number of amides is 1. The number of carbonyl (C=O) groups excluding carboxylic acids is 1. The van der Waals surface area contributed by atoms with Crippen molar-refractivity contribution in [1.29, 1.82) is 0 Å². The van der Waals surface area contributed by atoms with Crippen molar-refractivity contribution in [2.45, 2.75) is 0 Å². The summed E-state index contributed by atoms with van der Waals surface area (Å²) in [6, 6.07) is 7.44. The number of carbonyl (C=O) groups is 1. The Morgan fingerprint density at radius 2 is 1.89 bits per heavy atom. The number of hydrogen-bond acceptors (Lipinski definition) is 3. The van der Waals surface area contributed by atoms with Crippen LogP contribution in [-0.2, 0) is 0 Å². The van der Waals surface area contributed by atoms with Crippen LogP contribution >= 0.6 is 23.2 Å². The van der Waals surface area contributed by atoms with E-state index in [4.69, 9.17) is 28.9 Å². The summed E-state index contributed by atoms with van der Waals surface area (Å²) in [5, 5.41) is 14.4. The minimum absolute atomic E-state index is 0.0356. The second kappa shape index (κ2) is 5.34. The van der Waals surface area contributed by atoms with Gasteiger partial charge in [0.25, 0.3) is 5.69 Å². The van der Waals surface area contributed by atoms with Gasteiger partial charge < -0.3 is 16.3 Å². The third kappa shape index (κ3) is 2.89. The highest BCUT2D eigenvalue weighted by Crippen LogP contribution is 2.31. The number of rotatable bonds is 2. The third-order valence-electron chi connectivity index (χ3n) is 2.39. The number of pyridine rings is 1. The predicted octanol–water partition coefficient (Wildman–Crippen LogP) is 2.46. The van der Waals surface area contributed by atoms with Crippen molar-refractivity contribution in [2.24, 2.45) is 0 Å². The van der Waals surface area contributed by atoms with Gasteiger partial charge in [-0.2, -0.15) is 4.73 Å². The van der Waals surface area contributed by atoms with Crippen molar-refractivity contribution in [2.75, 3.05) is 11.1 Å². The molecule has 19 heavy (non-hydrogen) atoms. The van der Waals surface area contributed by atoms with Gasteiger partial charge in [0.2, 0.25) is 0 Å². The van der Waals surface area contributed by atoms with Crippen LogP contribution in [0.1, 0.15) is 10.5 Å². The highest BCUT2D eigenvalue weighted by Gasteiger charge is 2.16. The van der Waals surface area contributed by atoms with Gasteiger partial charge in [-0.25, -0.2) is 0 Å². The van der Waals surface area contributed by atoms with Crippen LogP contribution < -0.4 is 15.8 Å². The summed E-state index contributed by atoms with van der Waals surface area (Å²) in [6.07, 6.45) is 1.23. The molecule has 3 N–H and O–H groups in total. The van der Waals surface area contributed by atoms with Gasteiger partial charge in [-0.3, -0.25) is 4.79 Å². The van der Waals surface area contributed by atoms with Gasteiger partial charge in [-0.15, -0.1) is 0 Å². The maximum atomic E-state index is 11.9. The maximum Gasteiger partial charge on any atom is 0.321 e. The van der Waals surface area contributed by atoms with E-state index in [1.165, 1.54) is 30.5 Å². The number of nitrogens with zero attached hydrogens (tertiary/aromatic N) is 1. The minimum Gasteiger partial charge on any atom is -0.618 e. The first-order valence-corrected chi connectivity index (χ1v) is 5.98. The summed E-state index contributed by atoms with van der Waals surface area (Å²) in [5.41, 5.74) is 6.15. The Morgan fingerprint density at radius 1 is 1.26 bits per heavy atom. The van der Waals surface area contributed by atoms with Crippen LogP contribution in [0.5, 0.6) is 0 Å². The summed E-state index contributed by atoms with van der Waals surface area (Å²) < 4.78 is 0.468. The van der Waals surface area contributed by atoms with Crippen LogP contribution in [0.3, 0.4) is 0 Å². The average Bonchev–Trinajstić information content (AvgIpc) is 2.36. The molecule has 2 aromatic rings. The molecule has 0 saturated carbocycles. The lowest BCUT2D eigenvalue weighted by molar-refractivity contribution is -0.607. The van der Waals surface area contributed by atoms with Crippen LogP contribution in [0.2, 0.25) is 10.0 Å². The fourth-order valence-electron chi connectivity index (χ4n) is 1.46. The van der Waals surface area contributed by atoms with E-state index in [2.05, 4.69) is 5.32 Å². The van der Waals surface area contributed by atoms with Gasteiger partial charge in [0, 0.05) is 17.8 Å². The lowest BCUT2D eigenvalue weighted by Crippen LogP contribution is -2.36. The van der Waals surface area contributed by atoms with E-state index < -0.39 is 5.91 Å². The number of aromatic nitrogens is 1. The Morgan fingerprint density at radius 3 is 2.47 bits per heavy atom. The second-order valence-electron chi connectivity index (χ2n) is 3.72. The molecule has 1 aromatic heterocycles. The quantitative estimate of drug-likeness (QED) is 0.507. The molecule has 0 fully saturated rings. The van der Waals surface area contributed by atoms with Gasteiger partial charge in [0.1, 0.15) is 0 Å². The lowest BCUT2D eigenvalue weighted by Gasteiger charge is -2.08. The molecule has 0 saturated heterocycles. The Balaban J connectivity index is 2.27. The summed E-state index contributed by atoms with van der Waals surface area (Å²) in [4.78, 5) is 11.9. The van der Waals surface area contributed by atoms with Crippen LogP contribution in [0.25, 0.3) is 0 Å². The Hall–Kier alpha value is -1.98. The summed E-state index contributed by atoms with van der Waals surface area (Å²) >= 11 is 11.7. The molecule has 1 aromatic carbocycles. The summed E-state index contributed by atoms with van der Waals surface area (Å²) in [6.45, 7) is 0. The molecule has 1 amide bonds. The molecule has 0 aliphatic heterocycles. The van der Waals surface area contributed by atoms with Crippen molar-refractivity contribution in [3.8, 4) is 0 Å². The lowest BCUT2D eigenvalue weighted by atomic mass is 10.2. The number of nitrogens with one attached hydrogen (secondary N) is 1. The predicted molar refractivity (Wildman–Crippen MR) is 74.2 cm³/mol. The second-order valence-corrected chi connectivity index (χ2v) is 4.53. The van der Waals surface area contributed by atoms with Crippen molar-refractivity contribution in [1.82, 2.24) is 0 Å². The Bertz CT molecular complexity index is 624. The van der Waals surface area contributed by atoms with E-state index in [1.54, 1.807) is 6.07 Å². The number of halogens is 2. The fourth-order valence-corrected chi connectivity index (χ4v) is 1.94. The van der Waals surface area contributed by atoms with E-state index in [0.717, 1.165) is 0 Å². The van der Waals surface area contributed by atoms with E-state index in [0.29, 0.717) is 10.4 Å². The van der Waals surface area contributed by atoms with Crippen molar-refractivity contribution in [3.05, 3.63) is 57.5 Å². The maximum absolute atomic E-state index is 11.9. The smallest absolute Gasteiger partial charge is 0.321 e. The molecule has 5 nitrogen and oxygen atoms in total. The SMILES string of the molecule is Nc1c(Cl)cc(NC(=O)c2cccc[n+]2[O-])cc1Cl. The molecule has 2 rings (SSSR count). The monoisotopic (exact) mass is 297 g/mol. The molecule has 98 valence electrons. The highest BCUT2D eigenvalue weighted by atomic mass is 35.5. The molecule has 1 heterocycles. The molecular weight excluding hydrogens is 289 g/mol. The number of benzene rings is 1. The molecule has 0 spiro atoms. The van der Waals surface area contributed by atoms with Crippen LogP contribution in [-0.4, -0.2) is 5.91 Å². The zero-order valence-electron chi connectivity index (χ0n) is 9.56. The topological polar surface area (TPSA) is 82.1 Å². The molecule has 0 radical (unpaired) electrons. The van der Waals surface area contributed by atoms with Crippen LogP contribution in [0.15, 0.2) is 36.5 Å². The van der Waals surface area contributed by atoms with Gasteiger partial charge >= 0.3 is 5.91 Å². The molecule has 7 heteroatoms. The normalized spacial score (nSPS) is 10.2. The Labute approximate surface area is 119 Å². The van der Waals surface area contributed by atoms with E-state index in [1.807, 2.05) is 0 Å². The summed E-state index contributed by atoms with van der Waals surface area (Å²) in [5.74, 6) is -0.562. The van der Waals surface area contributed by atoms with Gasteiger partial charge in [0.05, 0.1) is 15.7 Å². The zero-order chi connectivity index (χ0) is 14.0. The van der Waals surface area contributed by atoms with E-state index in [9.17, 15) is 10.0 Å². The number of nitrogens with two attached hydrogens (primary N) is 1. The fraction of sp³-hybridized carbons (Fsp3) is 0. The Kier molecular flexibility index (Phi) is 3.78. The summed E-state index contributed by atoms with van der Waals surface area (Å²) in [7, 11) is 0. The molecule has 0 unspecified atom stereocenters. The van der Waals surface area contributed by atoms with Gasteiger partial charge in [-0.1, -0.05) is 23.2 Å². The first kappa shape index (κ1) is 13.5. The first-order chi connectivity index (χ1) is 8.99. The number of nitrogen functional groups attached to an aromatic ring is 1. The average molecular weight is 298 g/mol. The standard InChI is InChI=1S/C12H9Cl2N3O2/c13-8-5-7(6-9(14)11(8)15)16-12(18)10-3-1-2-4-17(10)19/h1-6H,15H2,(H,16,18). The van der Waals surface area contributed by atoms with Gasteiger partial charge in [-0.05, 0) is 18.2 Å². The number of anilines is 2. The third-order valence-corrected chi connectivity index (χ3v) is 3.02. The van der Waals surface area contributed by atoms with Crippen molar-refractivity contribution >= 4 is 40.5 Å². The number of hydrogen-bond donors (Lipinski definition) is 2. The van der Waals surface area contributed by atoms with Gasteiger partial charge in [0.15, 0.2) is 6.20 Å². The molecule has 0 atom stereocenters. The zero-order valence-corrected chi connectivity index (χ0v) is 11.1. The largest absolute Gasteiger partial charge is 0.618 e. The molecular formula is C12H9Cl2N3O2. The van der Waals surface area contributed by atoms with E-state index >= 15 is 0 Å². The molecule has 0 aliphatic carbocycles. The molecule has 0 bridgehead atoms. The van der Waals surface area contributed by atoms with E-state index in [-0.39, 0.29) is 21.4 Å². The van der Waals surface area contributed by atoms with Crippen LogP contribution in [0, 0.1) is 5.21 Å². The first-order valence-electron chi connectivity index (χ1n) is 5.23. The molecule has 0 aliphatic rings. The van der Waals surface area contributed by atoms with Crippen LogP contribution in [0.4, 0.5) is 11.4 Å². The van der Waals surface area contributed by atoms with Crippen molar-refractivity contribution in [3.63, 3.8) is 0 Å². The highest BCUT2D eigenvalue weighted by molar-refractivity contribution is 6.39. The van der Waals surface area contributed by atoms with Crippen molar-refractivity contribution < 1.29 is 9.52 Å².